The number of nitrogens with zero attached hydrogens (tertiary/aromatic N) is 1. The fourth-order valence-electron chi connectivity index (χ4n) is 2.27. The summed E-state index contributed by atoms with van der Waals surface area (Å²) in [5.74, 6) is -2.90. The van der Waals surface area contributed by atoms with Gasteiger partial charge in [0.05, 0.1) is 0 Å². The minimum absolute atomic E-state index is 0.210. The highest BCUT2D eigenvalue weighted by molar-refractivity contribution is 8.00. The molecular weight excluding hydrogens is 300 g/mol. The number of ether oxygens (including phenoxy) is 1. The van der Waals surface area contributed by atoms with Crippen LogP contribution in [-0.4, -0.2) is 56.9 Å². The van der Waals surface area contributed by atoms with Crippen molar-refractivity contribution in [3.8, 4) is 0 Å². The van der Waals surface area contributed by atoms with Gasteiger partial charge in [0.15, 0.2) is 11.3 Å². The molecule has 0 spiro atoms. The maximum atomic E-state index is 12.1. The molecule has 2 aliphatic rings. The highest BCUT2D eigenvalue weighted by atomic mass is 32.2. The molecule has 0 aromatic heterocycles. The largest absolute Gasteiger partial charge is 0.477 e. The van der Waals surface area contributed by atoms with Gasteiger partial charge < -0.3 is 15.6 Å². The Hall–Kier alpha value is -1.87. The molecule has 0 unspecified atom stereocenters. The van der Waals surface area contributed by atoms with Gasteiger partial charge in [-0.3, -0.25) is 19.3 Å². The quantitative estimate of drug-likeness (QED) is 0.388. The van der Waals surface area contributed by atoms with E-state index < -0.39 is 34.5 Å². The molecule has 1 fully saturated rings. The number of nitrogens with two attached hydrogens (primary N) is 1. The standard InChI is InChI=1S/C12H14N2O6S/c1-5(15)12(13)10(19)14-8(9(17)18)7(3-20-6(2)16)4-21-11(12)14/h11H,3-4,13H2,1-2H3,(H,17,18)/t11-,12+/m1/s1. The maximum Gasteiger partial charge on any atom is 0.352 e. The molecule has 114 valence electrons. The summed E-state index contributed by atoms with van der Waals surface area (Å²) in [7, 11) is 0. The smallest absolute Gasteiger partial charge is 0.352 e. The number of carboxylic acid groups (broad SMARTS) is 1. The number of carboxylic acids is 1. The first kappa shape index (κ1) is 15.5. The van der Waals surface area contributed by atoms with Crippen molar-refractivity contribution in [3.05, 3.63) is 11.3 Å². The average Bonchev–Trinajstić information content (AvgIpc) is 2.41. The van der Waals surface area contributed by atoms with Gasteiger partial charge in [0.1, 0.15) is 17.7 Å². The first-order valence-electron chi connectivity index (χ1n) is 6.05. The third-order valence-corrected chi connectivity index (χ3v) is 4.84. The highest BCUT2D eigenvalue weighted by Gasteiger charge is 2.65. The first-order chi connectivity index (χ1) is 9.71. The van der Waals surface area contributed by atoms with Crippen LogP contribution in [0, 0.1) is 0 Å². The lowest BCUT2D eigenvalue weighted by molar-refractivity contribution is -0.159. The van der Waals surface area contributed by atoms with Crippen molar-refractivity contribution >= 4 is 35.4 Å². The van der Waals surface area contributed by atoms with Gasteiger partial charge in [-0.05, 0) is 6.92 Å². The zero-order valence-corrected chi connectivity index (χ0v) is 12.2. The molecule has 0 bridgehead atoms. The number of esters is 1. The summed E-state index contributed by atoms with van der Waals surface area (Å²) < 4.78 is 4.79. The van der Waals surface area contributed by atoms with E-state index in [2.05, 4.69) is 0 Å². The molecule has 0 aliphatic carbocycles. The lowest BCUT2D eigenvalue weighted by Crippen LogP contribution is -2.80. The topological polar surface area (TPSA) is 127 Å². The number of rotatable bonds is 4. The predicted octanol–water partition coefficient (Wildman–Crippen LogP) is -0.910. The first-order valence-corrected chi connectivity index (χ1v) is 7.10. The molecule has 9 heteroatoms. The Morgan fingerprint density at radius 2 is 2.10 bits per heavy atom. The third kappa shape index (κ3) is 2.22. The van der Waals surface area contributed by atoms with Crippen LogP contribution < -0.4 is 5.73 Å². The van der Waals surface area contributed by atoms with Gasteiger partial charge in [0.2, 0.25) is 0 Å². The molecule has 1 amide bonds. The van der Waals surface area contributed by atoms with Crippen molar-refractivity contribution in [2.75, 3.05) is 12.4 Å². The van der Waals surface area contributed by atoms with E-state index in [1.165, 1.54) is 25.6 Å². The van der Waals surface area contributed by atoms with Gasteiger partial charge in [0.25, 0.3) is 5.91 Å². The fraction of sp³-hybridized carbons (Fsp3) is 0.500. The number of amides is 1. The van der Waals surface area contributed by atoms with Crippen LogP contribution in [0.25, 0.3) is 0 Å². The number of hydrogen-bond donors (Lipinski definition) is 2. The number of carbonyl (C=O) groups excluding carboxylic acids is 3. The molecule has 2 rings (SSSR count). The zero-order valence-electron chi connectivity index (χ0n) is 11.4. The third-order valence-electron chi connectivity index (χ3n) is 3.42. The Morgan fingerprint density at radius 3 is 2.57 bits per heavy atom. The average molecular weight is 314 g/mol. The molecule has 8 nitrogen and oxygen atoms in total. The molecule has 3 N–H and O–H groups in total. The van der Waals surface area contributed by atoms with Gasteiger partial charge in [-0.15, -0.1) is 11.8 Å². The van der Waals surface area contributed by atoms with E-state index in [-0.39, 0.29) is 18.1 Å². The van der Waals surface area contributed by atoms with Crippen LogP contribution in [0.15, 0.2) is 11.3 Å². The van der Waals surface area contributed by atoms with E-state index in [0.717, 1.165) is 4.90 Å². The second-order valence-corrected chi connectivity index (χ2v) is 5.87. The van der Waals surface area contributed by atoms with Crippen LogP contribution in [0.4, 0.5) is 0 Å². The van der Waals surface area contributed by atoms with Crippen molar-refractivity contribution < 1.29 is 29.0 Å². The Labute approximate surface area is 124 Å². The van der Waals surface area contributed by atoms with Gasteiger partial charge in [0, 0.05) is 18.2 Å². The van der Waals surface area contributed by atoms with E-state index in [9.17, 15) is 24.3 Å². The van der Waals surface area contributed by atoms with Crippen molar-refractivity contribution in [1.29, 1.82) is 0 Å². The van der Waals surface area contributed by atoms with Crippen molar-refractivity contribution in [2.45, 2.75) is 24.8 Å². The van der Waals surface area contributed by atoms with Crippen molar-refractivity contribution in [3.63, 3.8) is 0 Å². The number of thioether (sulfide) groups is 1. The van der Waals surface area contributed by atoms with Crippen LogP contribution in [0.2, 0.25) is 0 Å². The van der Waals surface area contributed by atoms with Crippen LogP contribution in [0.1, 0.15) is 13.8 Å². The summed E-state index contributed by atoms with van der Waals surface area (Å²) in [5.41, 5.74) is 4.18. The van der Waals surface area contributed by atoms with Gasteiger partial charge in [-0.2, -0.15) is 0 Å². The number of Topliss-reactive ketones (excluding diaryl/α,β-unsaturated/α-hetero) is 1. The number of ketones is 1. The second kappa shape index (κ2) is 5.15. The maximum absolute atomic E-state index is 12.1. The summed E-state index contributed by atoms with van der Waals surface area (Å²) in [6, 6.07) is 0. The summed E-state index contributed by atoms with van der Waals surface area (Å²) in [5, 5.41) is 8.55. The number of hydrogen-bond acceptors (Lipinski definition) is 7. The van der Waals surface area contributed by atoms with E-state index >= 15 is 0 Å². The van der Waals surface area contributed by atoms with Crippen LogP contribution >= 0.6 is 11.8 Å². The van der Waals surface area contributed by atoms with E-state index in [4.69, 9.17) is 10.5 Å². The molecule has 0 aromatic carbocycles. The number of carbonyl (C=O) groups is 4. The summed E-state index contributed by atoms with van der Waals surface area (Å²) in [4.78, 5) is 46.9. The molecular formula is C12H14N2O6S. The minimum atomic E-state index is -1.68. The SMILES string of the molecule is CC(=O)OCC1=C(C(=O)O)N2C(=O)[C@@](N)(C(C)=O)[C@H]2SC1. The van der Waals surface area contributed by atoms with E-state index in [0.29, 0.717) is 5.57 Å². The molecule has 2 atom stereocenters. The van der Waals surface area contributed by atoms with Crippen molar-refractivity contribution in [1.82, 2.24) is 4.90 Å². The lowest BCUT2D eigenvalue weighted by atomic mass is 9.84. The Morgan fingerprint density at radius 1 is 1.48 bits per heavy atom. The predicted molar refractivity (Wildman–Crippen MR) is 72.0 cm³/mol. The molecule has 2 heterocycles. The molecule has 2 aliphatic heterocycles. The minimum Gasteiger partial charge on any atom is -0.477 e. The molecule has 1 saturated heterocycles. The normalized spacial score (nSPS) is 27.9. The van der Waals surface area contributed by atoms with Gasteiger partial charge in [-0.25, -0.2) is 4.79 Å². The van der Waals surface area contributed by atoms with E-state index in [1.54, 1.807) is 0 Å². The van der Waals surface area contributed by atoms with Crippen molar-refractivity contribution in [2.24, 2.45) is 5.73 Å². The Kier molecular flexibility index (Phi) is 3.81. The van der Waals surface area contributed by atoms with E-state index in [1.807, 2.05) is 0 Å². The van der Waals surface area contributed by atoms with Crippen LogP contribution in [0.5, 0.6) is 0 Å². The van der Waals surface area contributed by atoms with Crippen LogP contribution in [-0.2, 0) is 23.9 Å². The summed E-state index contributed by atoms with van der Waals surface area (Å²) >= 11 is 1.18. The summed E-state index contributed by atoms with van der Waals surface area (Å²) in [6.07, 6.45) is 0. The zero-order chi connectivity index (χ0) is 15.9. The fourth-order valence-corrected chi connectivity index (χ4v) is 3.73. The molecule has 0 saturated carbocycles. The lowest BCUT2D eigenvalue weighted by Gasteiger charge is -2.54. The molecule has 21 heavy (non-hydrogen) atoms. The second-order valence-electron chi connectivity index (χ2n) is 4.80. The number of fused-ring (bicyclic) bond motifs is 1. The highest BCUT2D eigenvalue weighted by Crippen LogP contribution is 2.45. The molecule has 0 radical (unpaired) electrons. The Bertz CT molecular complexity index is 586. The van der Waals surface area contributed by atoms with Gasteiger partial charge >= 0.3 is 11.9 Å². The number of β-lactam (4-membered cyclic amide) rings is 1. The monoisotopic (exact) mass is 314 g/mol. The summed E-state index contributed by atoms with van der Waals surface area (Å²) in [6.45, 7) is 2.20. The number of aliphatic carboxylic acids is 1. The van der Waals surface area contributed by atoms with Crippen LogP contribution in [0.3, 0.4) is 0 Å². The molecule has 0 aromatic rings. The van der Waals surface area contributed by atoms with Gasteiger partial charge in [-0.1, -0.05) is 0 Å². The Balaban J connectivity index is 2.35.